The molecule has 160 valence electrons. The van der Waals surface area contributed by atoms with Gasteiger partial charge in [0.25, 0.3) is 0 Å². The van der Waals surface area contributed by atoms with Crippen LogP contribution in [0.4, 0.5) is 10.6 Å². The van der Waals surface area contributed by atoms with Crippen LogP contribution in [0.3, 0.4) is 0 Å². The molecule has 2 fully saturated rings. The quantitative estimate of drug-likeness (QED) is 0.756. The van der Waals surface area contributed by atoms with Crippen molar-refractivity contribution in [2.45, 2.75) is 45.4 Å². The van der Waals surface area contributed by atoms with Gasteiger partial charge in [-0.3, -0.25) is 0 Å². The lowest BCUT2D eigenvalue weighted by Gasteiger charge is -2.36. The van der Waals surface area contributed by atoms with E-state index in [2.05, 4.69) is 23.2 Å². The van der Waals surface area contributed by atoms with Crippen molar-refractivity contribution in [2.75, 3.05) is 37.6 Å². The van der Waals surface area contributed by atoms with Gasteiger partial charge in [0.1, 0.15) is 11.6 Å². The van der Waals surface area contributed by atoms with E-state index in [9.17, 15) is 4.79 Å². The van der Waals surface area contributed by atoms with Crippen LogP contribution in [0.2, 0.25) is 5.02 Å². The van der Waals surface area contributed by atoms with Crippen LogP contribution in [0, 0.1) is 0 Å². The highest BCUT2D eigenvalue weighted by Crippen LogP contribution is 2.40. The Hall–Kier alpha value is -2.34. The minimum atomic E-state index is 0.0203. The molecular weight excluding hydrogens is 398 g/mol. The third-order valence-electron chi connectivity index (χ3n) is 5.83. The molecule has 1 aromatic carbocycles. The number of aromatic nitrogens is 2. The van der Waals surface area contributed by atoms with Crippen molar-refractivity contribution in [2.24, 2.45) is 0 Å². The largest absolute Gasteiger partial charge is 0.353 e. The molecule has 2 amide bonds. The fourth-order valence-electron chi connectivity index (χ4n) is 4.03. The summed E-state index contributed by atoms with van der Waals surface area (Å²) in [6, 6.07) is 8.05. The van der Waals surface area contributed by atoms with Crippen LogP contribution in [-0.2, 0) is 12.8 Å². The smallest absolute Gasteiger partial charge is 0.317 e. The average molecular weight is 428 g/mol. The number of carbonyl (C=O) groups is 1. The van der Waals surface area contributed by atoms with Gasteiger partial charge in [0, 0.05) is 61.3 Å². The van der Waals surface area contributed by atoms with Gasteiger partial charge in [-0.1, -0.05) is 30.7 Å². The summed E-state index contributed by atoms with van der Waals surface area (Å²) in [4.78, 5) is 26.4. The summed E-state index contributed by atoms with van der Waals surface area (Å²) < 4.78 is 0. The Balaban J connectivity index is 1.63. The first-order chi connectivity index (χ1) is 14.6. The van der Waals surface area contributed by atoms with Crippen LogP contribution in [-0.4, -0.2) is 53.6 Å². The second-order valence-corrected chi connectivity index (χ2v) is 8.51. The summed E-state index contributed by atoms with van der Waals surface area (Å²) in [5.41, 5.74) is 3.49. The third kappa shape index (κ3) is 4.69. The van der Waals surface area contributed by atoms with E-state index in [4.69, 9.17) is 21.6 Å². The number of anilines is 1. The maximum atomic E-state index is 12.2. The van der Waals surface area contributed by atoms with Crippen molar-refractivity contribution in [1.82, 2.24) is 20.2 Å². The highest BCUT2D eigenvalue weighted by molar-refractivity contribution is 6.30. The van der Waals surface area contributed by atoms with Crippen LogP contribution in [0.1, 0.15) is 55.3 Å². The van der Waals surface area contributed by atoms with Crippen molar-refractivity contribution < 1.29 is 4.79 Å². The van der Waals surface area contributed by atoms with E-state index in [1.165, 1.54) is 24.0 Å². The number of nitrogens with zero attached hydrogens (tertiary/aromatic N) is 4. The molecular formula is C23H30ClN5O. The second kappa shape index (κ2) is 9.21. The Morgan fingerprint density at radius 2 is 1.93 bits per heavy atom. The number of hydrogen-bond donors (Lipinski definition) is 1. The third-order valence-corrected chi connectivity index (χ3v) is 6.07. The van der Waals surface area contributed by atoms with E-state index in [-0.39, 0.29) is 6.03 Å². The molecule has 4 rings (SSSR count). The zero-order valence-corrected chi connectivity index (χ0v) is 18.6. The molecule has 0 unspecified atom stereocenters. The Bertz CT molecular complexity index is 906. The molecule has 0 radical (unpaired) electrons. The summed E-state index contributed by atoms with van der Waals surface area (Å²) in [5, 5.41) is 3.65. The Morgan fingerprint density at radius 3 is 2.57 bits per heavy atom. The van der Waals surface area contributed by atoms with Gasteiger partial charge in [-0.15, -0.1) is 0 Å². The number of rotatable bonds is 6. The van der Waals surface area contributed by atoms with Gasteiger partial charge in [0.15, 0.2) is 0 Å². The topological polar surface area (TPSA) is 61.4 Å². The van der Waals surface area contributed by atoms with Gasteiger partial charge >= 0.3 is 6.03 Å². The van der Waals surface area contributed by atoms with E-state index in [1.54, 1.807) is 0 Å². The number of piperazine rings is 1. The lowest BCUT2D eigenvalue weighted by molar-refractivity contribution is 0.195. The Kier molecular flexibility index (Phi) is 6.42. The van der Waals surface area contributed by atoms with Gasteiger partial charge in [-0.25, -0.2) is 14.8 Å². The summed E-state index contributed by atoms with van der Waals surface area (Å²) in [6.45, 7) is 7.73. The molecule has 1 saturated heterocycles. The number of hydrogen-bond acceptors (Lipinski definition) is 4. The van der Waals surface area contributed by atoms with E-state index in [0.29, 0.717) is 25.6 Å². The normalized spacial score (nSPS) is 16.6. The molecule has 0 bridgehead atoms. The standard InChI is InChI=1S/C23H30ClN5O/c1-3-20-19(15-16-6-5-7-18(24)14-16)22(27-21(26-20)17-8-9-17)28-10-12-29(13-11-28)23(30)25-4-2/h5-7,14,17H,3-4,8-13,15H2,1-2H3,(H,25,30). The second-order valence-electron chi connectivity index (χ2n) is 8.07. The highest BCUT2D eigenvalue weighted by Gasteiger charge is 2.31. The van der Waals surface area contributed by atoms with Crippen LogP contribution in [0.5, 0.6) is 0 Å². The zero-order valence-electron chi connectivity index (χ0n) is 17.8. The Labute approximate surface area is 183 Å². The van der Waals surface area contributed by atoms with E-state index in [0.717, 1.165) is 48.3 Å². The predicted molar refractivity (Wildman–Crippen MR) is 121 cm³/mol. The number of amides is 2. The van der Waals surface area contributed by atoms with Crippen molar-refractivity contribution in [3.8, 4) is 0 Å². The number of halogens is 1. The first kappa shape index (κ1) is 20.9. The molecule has 2 heterocycles. The first-order valence-electron chi connectivity index (χ1n) is 11.0. The maximum absolute atomic E-state index is 12.2. The number of benzene rings is 1. The van der Waals surface area contributed by atoms with Gasteiger partial charge in [-0.2, -0.15) is 0 Å². The van der Waals surface area contributed by atoms with E-state index >= 15 is 0 Å². The van der Waals surface area contributed by atoms with Gasteiger partial charge in [-0.05, 0) is 43.9 Å². The van der Waals surface area contributed by atoms with E-state index in [1.807, 2.05) is 30.0 Å². The van der Waals surface area contributed by atoms with Gasteiger partial charge < -0.3 is 15.1 Å². The van der Waals surface area contributed by atoms with E-state index < -0.39 is 0 Å². The number of carbonyl (C=O) groups excluding carboxylic acids is 1. The molecule has 2 aromatic rings. The molecule has 1 saturated carbocycles. The van der Waals surface area contributed by atoms with Crippen molar-refractivity contribution >= 4 is 23.4 Å². The van der Waals surface area contributed by atoms with Crippen LogP contribution < -0.4 is 10.2 Å². The zero-order chi connectivity index (χ0) is 21.1. The fourth-order valence-corrected chi connectivity index (χ4v) is 4.24. The summed E-state index contributed by atoms with van der Waals surface area (Å²) in [5.74, 6) is 2.54. The predicted octanol–water partition coefficient (Wildman–Crippen LogP) is 4.01. The summed E-state index contributed by atoms with van der Waals surface area (Å²) in [6.07, 6.45) is 4.01. The average Bonchev–Trinajstić information content (AvgIpc) is 3.60. The molecule has 30 heavy (non-hydrogen) atoms. The number of nitrogens with one attached hydrogen (secondary N) is 1. The molecule has 1 N–H and O–H groups in total. The monoisotopic (exact) mass is 427 g/mol. The molecule has 1 aliphatic carbocycles. The Morgan fingerprint density at radius 1 is 1.17 bits per heavy atom. The fraction of sp³-hybridized carbons (Fsp3) is 0.522. The molecule has 2 aliphatic rings. The minimum absolute atomic E-state index is 0.0203. The molecule has 6 nitrogen and oxygen atoms in total. The van der Waals surface area contributed by atoms with Gasteiger partial charge in [0.05, 0.1) is 0 Å². The summed E-state index contributed by atoms with van der Waals surface area (Å²) in [7, 11) is 0. The molecule has 7 heteroatoms. The lowest BCUT2D eigenvalue weighted by atomic mass is 10.0. The highest BCUT2D eigenvalue weighted by atomic mass is 35.5. The maximum Gasteiger partial charge on any atom is 0.317 e. The van der Waals surface area contributed by atoms with Crippen molar-refractivity contribution in [1.29, 1.82) is 0 Å². The first-order valence-corrected chi connectivity index (χ1v) is 11.4. The SMILES string of the molecule is CCNC(=O)N1CCN(c2nc(C3CC3)nc(CC)c2Cc2cccc(Cl)c2)CC1. The molecule has 1 aliphatic heterocycles. The van der Waals surface area contributed by atoms with Crippen molar-refractivity contribution in [3.05, 3.63) is 51.9 Å². The van der Waals surface area contributed by atoms with Gasteiger partial charge in [0.2, 0.25) is 0 Å². The van der Waals surface area contributed by atoms with Crippen LogP contribution >= 0.6 is 11.6 Å². The minimum Gasteiger partial charge on any atom is -0.353 e. The van der Waals surface area contributed by atoms with Crippen LogP contribution in [0.25, 0.3) is 0 Å². The molecule has 1 aromatic heterocycles. The van der Waals surface area contributed by atoms with Crippen molar-refractivity contribution in [3.63, 3.8) is 0 Å². The van der Waals surface area contributed by atoms with Crippen LogP contribution in [0.15, 0.2) is 24.3 Å². The molecule has 0 spiro atoms. The lowest BCUT2D eigenvalue weighted by Crippen LogP contribution is -2.52. The number of urea groups is 1. The summed E-state index contributed by atoms with van der Waals surface area (Å²) >= 11 is 6.23. The number of aryl methyl sites for hydroxylation is 1. The molecule has 0 atom stereocenters.